The SMILES string of the molecule is CNS(=O)(=O)c1ccc2c(NS(=O)(=O)c3cccc(S(=O)(=O)F)c3)cccc2c1O. The van der Waals surface area contributed by atoms with Gasteiger partial charge in [0.15, 0.2) is 0 Å². The van der Waals surface area contributed by atoms with E-state index in [-0.39, 0.29) is 16.5 Å². The van der Waals surface area contributed by atoms with Gasteiger partial charge < -0.3 is 5.11 Å². The Morgan fingerprint density at radius 2 is 1.43 bits per heavy atom. The van der Waals surface area contributed by atoms with Crippen LogP contribution in [0.5, 0.6) is 5.75 Å². The molecule has 3 N–H and O–H groups in total. The van der Waals surface area contributed by atoms with E-state index in [0.29, 0.717) is 6.07 Å². The molecular weight excluding hydrogens is 459 g/mol. The van der Waals surface area contributed by atoms with Gasteiger partial charge in [-0.3, -0.25) is 4.72 Å². The lowest BCUT2D eigenvalue weighted by atomic mass is 10.1. The number of nitrogens with one attached hydrogen (secondary N) is 2. The molecule has 0 heterocycles. The van der Waals surface area contributed by atoms with E-state index in [1.807, 2.05) is 0 Å². The first-order valence-electron chi connectivity index (χ1n) is 8.12. The fourth-order valence-electron chi connectivity index (χ4n) is 2.73. The summed E-state index contributed by atoms with van der Waals surface area (Å²) in [6.07, 6.45) is 0. The summed E-state index contributed by atoms with van der Waals surface area (Å²) in [5.41, 5.74) is -0.00952. The van der Waals surface area contributed by atoms with Crippen LogP contribution in [0, 0.1) is 0 Å². The molecule has 0 radical (unpaired) electrons. The summed E-state index contributed by atoms with van der Waals surface area (Å²) in [4.78, 5) is -1.71. The molecule has 0 unspecified atom stereocenters. The van der Waals surface area contributed by atoms with Crippen molar-refractivity contribution in [3.63, 3.8) is 0 Å². The number of halogens is 1. The third kappa shape index (κ3) is 4.09. The zero-order valence-electron chi connectivity index (χ0n) is 15.2. The van der Waals surface area contributed by atoms with Gasteiger partial charge in [0.25, 0.3) is 10.0 Å². The van der Waals surface area contributed by atoms with Crippen LogP contribution in [0.15, 0.2) is 69.3 Å². The van der Waals surface area contributed by atoms with Crippen molar-refractivity contribution < 1.29 is 34.2 Å². The molecule has 3 aromatic carbocycles. The maximum atomic E-state index is 13.2. The second-order valence-electron chi connectivity index (χ2n) is 6.04. The van der Waals surface area contributed by atoms with Gasteiger partial charge >= 0.3 is 10.2 Å². The van der Waals surface area contributed by atoms with Crippen molar-refractivity contribution in [3.8, 4) is 5.75 Å². The van der Waals surface area contributed by atoms with E-state index in [1.165, 1.54) is 31.3 Å². The van der Waals surface area contributed by atoms with E-state index in [2.05, 4.69) is 9.44 Å². The third-order valence-electron chi connectivity index (χ3n) is 4.20. The lowest BCUT2D eigenvalue weighted by Gasteiger charge is -2.13. The number of benzene rings is 3. The standard InChI is InChI=1S/C17H15FN2O7S3/c1-19-30(26,27)16-9-8-13-14(17(16)21)6-3-7-15(13)20-29(24,25)12-5-2-4-11(10-12)28(18,22)23/h2-10,19-21H,1H3. The highest BCUT2D eigenvalue weighted by Crippen LogP contribution is 2.36. The molecule has 0 saturated heterocycles. The summed E-state index contributed by atoms with van der Waals surface area (Å²) in [5.74, 6) is -0.576. The largest absolute Gasteiger partial charge is 0.506 e. The third-order valence-corrected chi connectivity index (χ3v) is 7.82. The Bertz CT molecular complexity index is 1470. The Kier molecular flexibility index (Phi) is 5.49. The number of phenolic OH excluding ortho intramolecular Hbond substituents is 1. The molecule has 0 bridgehead atoms. The zero-order chi connectivity index (χ0) is 22.3. The smallest absolute Gasteiger partial charge is 0.332 e. The molecular formula is C17H15FN2O7S3. The van der Waals surface area contributed by atoms with Crippen molar-refractivity contribution in [2.75, 3.05) is 11.8 Å². The first-order chi connectivity index (χ1) is 13.9. The van der Waals surface area contributed by atoms with Crippen LogP contribution in [0.3, 0.4) is 0 Å². The van der Waals surface area contributed by atoms with Crippen molar-refractivity contribution in [1.82, 2.24) is 4.72 Å². The van der Waals surface area contributed by atoms with Crippen LogP contribution in [-0.4, -0.2) is 37.4 Å². The van der Waals surface area contributed by atoms with Crippen LogP contribution in [-0.2, 0) is 30.3 Å². The molecule has 0 spiro atoms. The average molecular weight is 475 g/mol. The topological polar surface area (TPSA) is 147 Å². The van der Waals surface area contributed by atoms with E-state index >= 15 is 0 Å². The Labute approximate surface area is 172 Å². The van der Waals surface area contributed by atoms with E-state index in [4.69, 9.17) is 0 Å². The maximum Gasteiger partial charge on any atom is 0.332 e. The van der Waals surface area contributed by atoms with E-state index < -0.39 is 50.7 Å². The highest BCUT2D eigenvalue weighted by atomic mass is 32.3. The maximum absolute atomic E-state index is 13.2. The molecule has 3 rings (SSSR count). The highest BCUT2D eigenvalue weighted by Gasteiger charge is 2.22. The van der Waals surface area contributed by atoms with Crippen molar-refractivity contribution in [1.29, 1.82) is 0 Å². The molecule has 0 saturated carbocycles. The minimum Gasteiger partial charge on any atom is -0.506 e. The lowest BCUT2D eigenvalue weighted by molar-refractivity contribution is 0.465. The quantitative estimate of drug-likeness (QED) is 0.463. The first kappa shape index (κ1) is 22.0. The van der Waals surface area contributed by atoms with Gasteiger partial charge in [-0.05, 0) is 37.4 Å². The van der Waals surface area contributed by atoms with Gasteiger partial charge in [0, 0.05) is 10.8 Å². The first-order valence-corrected chi connectivity index (χ1v) is 12.5. The number of anilines is 1. The minimum absolute atomic E-state index is 0.00952. The zero-order valence-corrected chi connectivity index (χ0v) is 17.6. The molecule has 3 aromatic rings. The number of fused-ring (bicyclic) bond motifs is 1. The van der Waals surface area contributed by atoms with Crippen molar-refractivity contribution in [2.45, 2.75) is 14.7 Å². The number of hydrogen-bond donors (Lipinski definition) is 3. The van der Waals surface area contributed by atoms with Gasteiger partial charge in [0.2, 0.25) is 10.0 Å². The van der Waals surface area contributed by atoms with Crippen LogP contribution in [0.1, 0.15) is 0 Å². The highest BCUT2D eigenvalue weighted by molar-refractivity contribution is 7.92. The Balaban J connectivity index is 2.12. The number of phenols is 1. The van der Waals surface area contributed by atoms with Crippen molar-refractivity contribution in [2.24, 2.45) is 0 Å². The van der Waals surface area contributed by atoms with Crippen molar-refractivity contribution >= 4 is 46.7 Å². The van der Waals surface area contributed by atoms with E-state index in [0.717, 1.165) is 24.3 Å². The second kappa shape index (κ2) is 7.50. The summed E-state index contributed by atoms with van der Waals surface area (Å²) in [5, 5.41) is 10.6. The van der Waals surface area contributed by atoms with Gasteiger partial charge in [-0.1, -0.05) is 24.3 Å². The second-order valence-corrected chi connectivity index (χ2v) is 10.9. The molecule has 0 aliphatic heterocycles. The predicted molar refractivity (Wildman–Crippen MR) is 107 cm³/mol. The molecule has 0 fully saturated rings. The summed E-state index contributed by atoms with van der Waals surface area (Å²) in [6, 6.07) is 10.3. The number of hydrogen-bond acceptors (Lipinski definition) is 7. The van der Waals surface area contributed by atoms with Crippen molar-refractivity contribution in [3.05, 3.63) is 54.6 Å². The molecule has 9 nitrogen and oxygen atoms in total. The van der Waals surface area contributed by atoms with Crippen LogP contribution >= 0.6 is 0 Å². The summed E-state index contributed by atoms with van der Waals surface area (Å²) < 4.78 is 89.0. The Morgan fingerprint density at radius 3 is 2.07 bits per heavy atom. The Hall–Kier alpha value is -2.74. The molecule has 0 atom stereocenters. The van der Waals surface area contributed by atoms with Gasteiger partial charge in [0.1, 0.15) is 10.6 Å². The normalized spacial score (nSPS) is 12.7. The van der Waals surface area contributed by atoms with Gasteiger partial charge in [0.05, 0.1) is 15.5 Å². The Morgan fingerprint density at radius 1 is 0.800 bits per heavy atom. The number of rotatable bonds is 6. The molecule has 0 aliphatic carbocycles. The fourth-order valence-corrected chi connectivity index (χ4v) is 5.27. The predicted octanol–water partition coefficient (Wildman–Crippen LogP) is 1.91. The fraction of sp³-hybridized carbons (Fsp3) is 0.0588. The molecule has 0 aliphatic rings. The minimum atomic E-state index is -5.11. The molecule has 0 aromatic heterocycles. The van der Waals surface area contributed by atoms with Crippen LogP contribution in [0.4, 0.5) is 9.57 Å². The van der Waals surface area contributed by atoms with Gasteiger partial charge in [-0.25, -0.2) is 21.6 Å². The lowest BCUT2D eigenvalue weighted by Crippen LogP contribution is -2.18. The summed E-state index contributed by atoms with van der Waals surface area (Å²) in [6.45, 7) is 0. The molecule has 160 valence electrons. The van der Waals surface area contributed by atoms with Crippen LogP contribution in [0.25, 0.3) is 10.8 Å². The molecule has 13 heteroatoms. The number of sulfonamides is 2. The van der Waals surface area contributed by atoms with Gasteiger partial charge in [-0.2, -0.15) is 8.42 Å². The van der Waals surface area contributed by atoms with E-state index in [9.17, 15) is 34.2 Å². The summed E-state index contributed by atoms with van der Waals surface area (Å²) >= 11 is 0. The number of aromatic hydroxyl groups is 1. The average Bonchev–Trinajstić information content (AvgIpc) is 2.68. The summed E-state index contributed by atoms with van der Waals surface area (Å²) in [7, 11) is -12.2. The van der Waals surface area contributed by atoms with E-state index in [1.54, 1.807) is 0 Å². The van der Waals surface area contributed by atoms with Crippen LogP contribution < -0.4 is 9.44 Å². The molecule has 30 heavy (non-hydrogen) atoms. The van der Waals surface area contributed by atoms with Crippen LogP contribution in [0.2, 0.25) is 0 Å². The monoisotopic (exact) mass is 474 g/mol. The molecule has 0 amide bonds. The van der Waals surface area contributed by atoms with Gasteiger partial charge in [-0.15, -0.1) is 3.89 Å².